The molecule has 0 fully saturated rings. The molecule has 0 atom stereocenters. The lowest BCUT2D eigenvalue weighted by Gasteiger charge is -2.06. The van der Waals surface area contributed by atoms with Crippen molar-refractivity contribution in [1.82, 2.24) is 0 Å². The predicted octanol–water partition coefficient (Wildman–Crippen LogP) is 4.07. The van der Waals surface area contributed by atoms with Crippen molar-refractivity contribution in [3.63, 3.8) is 0 Å². The minimum Gasteiger partial charge on any atom is -0.505 e. The highest BCUT2D eigenvalue weighted by molar-refractivity contribution is 5.65. The van der Waals surface area contributed by atoms with Crippen LogP contribution in [0.15, 0.2) is 49.1 Å². The van der Waals surface area contributed by atoms with Crippen LogP contribution in [0.4, 0.5) is 8.78 Å². The first-order valence-corrected chi connectivity index (χ1v) is 5.50. The number of allylic oxidation sites excluding steroid dienone is 1. The van der Waals surface area contributed by atoms with E-state index in [9.17, 15) is 8.78 Å². The molecule has 0 amide bonds. The molecule has 0 aromatic heterocycles. The third-order valence-corrected chi connectivity index (χ3v) is 2.71. The number of rotatable bonds is 3. The van der Waals surface area contributed by atoms with Crippen LogP contribution in [0.1, 0.15) is 5.56 Å². The van der Waals surface area contributed by atoms with Crippen molar-refractivity contribution in [2.75, 3.05) is 0 Å². The average Bonchev–Trinajstić information content (AvgIpc) is 2.38. The molecule has 0 radical (unpaired) electrons. The summed E-state index contributed by atoms with van der Waals surface area (Å²) in [4.78, 5) is 0. The molecule has 0 saturated heterocycles. The molecular weight excluding hydrogens is 234 g/mol. The predicted molar refractivity (Wildman–Crippen MR) is 67.4 cm³/mol. The van der Waals surface area contributed by atoms with Gasteiger partial charge in [-0.05, 0) is 29.7 Å². The Bertz CT molecular complexity index is 574. The van der Waals surface area contributed by atoms with Crippen LogP contribution in [0.5, 0.6) is 5.75 Å². The van der Waals surface area contributed by atoms with Gasteiger partial charge in [-0.15, -0.1) is 6.58 Å². The van der Waals surface area contributed by atoms with Crippen molar-refractivity contribution >= 4 is 0 Å². The first kappa shape index (κ1) is 12.3. The Morgan fingerprint density at radius 1 is 1.00 bits per heavy atom. The lowest BCUT2D eigenvalue weighted by molar-refractivity contribution is 0.408. The highest BCUT2D eigenvalue weighted by atomic mass is 19.2. The molecule has 1 N–H and O–H groups in total. The Kier molecular flexibility index (Phi) is 3.42. The van der Waals surface area contributed by atoms with Crippen molar-refractivity contribution in [3.8, 4) is 16.9 Å². The first-order chi connectivity index (χ1) is 8.63. The molecule has 0 heterocycles. The number of hydrogen-bond acceptors (Lipinski definition) is 1. The number of hydrogen-bond donors (Lipinski definition) is 1. The molecule has 0 saturated carbocycles. The average molecular weight is 246 g/mol. The standard InChI is InChI=1S/C15H12F2O/c1-2-3-10-4-6-11(7-5-10)12-8-9-13(18)15(17)14(12)16/h2,4-9,18H,1,3H2. The smallest absolute Gasteiger partial charge is 0.200 e. The number of aromatic hydroxyl groups is 1. The summed E-state index contributed by atoms with van der Waals surface area (Å²) in [5.41, 5.74) is 1.75. The van der Waals surface area contributed by atoms with E-state index >= 15 is 0 Å². The summed E-state index contributed by atoms with van der Waals surface area (Å²) in [6.07, 6.45) is 2.50. The van der Waals surface area contributed by atoms with E-state index in [-0.39, 0.29) is 5.56 Å². The van der Waals surface area contributed by atoms with Crippen molar-refractivity contribution in [2.45, 2.75) is 6.42 Å². The van der Waals surface area contributed by atoms with Gasteiger partial charge in [0.25, 0.3) is 0 Å². The van der Waals surface area contributed by atoms with Gasteiger partial charge in [0, 0.05) is 5.56 Å². The van der Waals surface area contributed by atoms with Gasteiger partial charge in [0.15, 0.2) is 11.6 Å². The third-order valence-electron chi connectivity index (χ3n) is 2.71. The Labute approximate surface area is 104 Å². The van der Waals surface area contributed by atoms with Gasteiger partial charge in [0.05, 0.1) is 0 Å². The van der Waals surface area contributed by atoms with Crippen molar-refractivity contribution in [3.05, 3.63) is 66.3 Å². The van der Waals surface area contributed by atoms with Gasteiger partial charge in [0.2, 0.25) is 5.82 Å². The molecule has 18 heavy (non-hydrogen) atoms. The van der Waals surface area contributed by atoms with E-state index in [4.69, 9.17) is 5.11 Å². The second-order valence-electron chi connectivity index (χ2n) is 3.95. The molecule has 92 valence electrons. The van der Waals surface area contributed by atoms with Crippen LogP contribution in [-0.4, -0.2) is 5.11 Å². The van der Waals surface area contributed by atoms with Gasteiger partial charge >= 0.3 is 0 Å². The van der Waals surface area contributed by atoms with E-state index in [2.05, 4.69) is 6.58 Å². The Morgan fingerprint density at radius 2 is 1.67 bits per heavy atom. The van der Waals surface area contributed by atoms with E-state index in [1.54, 1.807) is 18.2 Å². The van der Waals surface area contributed by atoms with Crippen LogP contribution in [0.25, 0.3) is 11.1 Å². The maximum Gasteiger partial charge on any atom is 0.200 e. The molecule has 2 aromatic carbocycles. The maximum absolute atomic E-state index is 13.6. The fourth-order valence-electron chi connectivity index (χ4n) is 1.75. The summed E-state index contributed by atoms with van der Waals surface area (Å²) in [5, 5.41) is 9.06. The van der Waals surface area contributed by atoms with Crippen LogP contribution in [-0.2, 0) is 6.42 Å². The quantitative estimate of drug-likeness (QED) is 0.809. The highest BCUT2D eigenvalue weighted by Crippen LogP contribution is 2.29. The third kappa shape index (κ3) is 2.25. The van der Waals surface area contributed by atoms with E-state index < -0.39 is 17.4 Å². The van der Waals surface area contributed by atoms with Crippen molar-refractivity contribution in [1.29, 1.82) is 0 Å². The molecule has 3 heteroatoms. The van der Waals surface area contributed by atoms with Crippen LogP contribution in [0, 0.1) is 11.6 Å². The van der Waals surface area contributed by atoms with E-state index in [0.29, 0.717) is 5.56 Å². The molecule has 0 aliphatic heterocycles. The van der Waals surface area contributed by atoms with Crippen LogP contribution in [0.2, 0.25) is 0 Å². The SMILES string of the molecule is C=CCc1ccc(-c2ccc(O)c(F)c2F)cc1. The zero-order valence-electron chi connectivity index (χ0n) is 9.66. The first-order valence-electron chi connectivity index (χ1n) is 5.50. The molecule has 2 aromatic rings. The molecule has 0 aliphatic rings. The van der Waals surface area contributed by atoms with E-state index in [1.165, 1.54) is 6.07 Å². The fourth-order valence-corrected chi connectivity index (χ4v) is 1.75. The minimum atomic E-state index is -1.22. The summed E-state index contributed by atoms with van der Waals surface area (Å²) in [7, 11) is 0. The van der Waals surface area contributed by atoms with Gasteiger partial charge < -0.3 is 5.11 Å². The monoisotopic (exact) mass is 246 g/mol. The summed E-state index contributed by atoms with van der Waals surface area (Å²) in [6.45, 7) is 3.63. The van der Waals surface area contributed by atoms with Gasteiger partial charge in [-0.2, -0.15) is 4.39 Å². The van der Waals surface area contributed by atoms with Crippen LogP contribution >= 0.6 is 0 Å². The lowest BCUT2D eigenvalue weighted by Crippen LogP contribution is -1.90. The van der Waals surface area contributed by atoms with Gasteiger partial charge in [-0.1, -0.05) is 30.3 Å². The van der Waals surface area contributed by atoms with Crippen LogP contribution < -0.4 is 0 Å². The van der Waals surface area contributed by atoms with E-state index in [0.717, 1.165) is 18.1 Å². The zero-order valence-corrected chi connectivity index (χ0v) is 9.66. The Hall–Kier alpha value is -2.16. The summed E-state index contributed by atoms with van der Waals surface area (Å²) < 4.78 is 26.9. The maximum atomic E-state index is 13.6. The summed E-state index contributed by atoms with van der Waals surface area (Å²) >= 11 is 0. The van der Waals surface area contributed by atoms with Crippen molar-refractivity contribution in [2.24, 2.45) is 0 Å². The molecule has 1 nitrogen and oxygen atoms in total. The van der Waals surface area contributed by atoms with E-state index in [1.807, 2.05) is 12.1 Å². The van der Waals surface area contributed by atoms with Gasteiger partial charge in [-0.25, -0.2) is 4.39 Å². The minimum absolute atomic E-state index is 0.135. The lowest BCUT2D eigenvalue weighted by atomic mass is 10.0. The second-order valence-corrected chi connectivity index (χ2v) is 3.95. The van der Waals surface area contributed by atoms with Gasteiger partial charge in [-0.3, -0.25) is 0 Å². The zero-order chi connectivity index (χ0) is 13.1. The fraction of sp³-hybridized carbons (Fsp3) is 0.0667. The highest BCUT2D eigenvalue weighted by Gasteiger charge is 2.13. The topological polar surface area (TPSA) is 20.2 Å². The number of phenols is 1. The number of halogens is 2. The van der Waals surface area contributed by atoms with Crippen LogP contribution in [0.3, 0.4) is 0 Å². The molecule has 0 spiro atoms. The Balaban J connectivity index is 2.43. The molecule has 0 unspecified atom stereocenters. The number of phenolic OH excluding ortho intramolecular Hbond substituents is 1. The summed E-state index contributed by atoms with van der Waals surface area (Å²) in [6, 6.07) is 9.60. The van der Waals surface area contributed by atoms with Gasteiger partial charge in [0.1, 0.15) is 0 Å². The Morgan fingerprint density at radius 3 is 2.28 bits per heavy atom. The molecule has 0 bridgehead atoms. The largest absolute Gasteiger partial charge is 0.505 e. The molecule has 2 rings (SSSR count). The summed E-state index contributed by atoms with van der Waals surface area (Å²) in [5.74, 6) is -2.94. The normalized spacial score (nSPS) is 10.3. The molecular formula is C15H12F2O. The van der Waals surface area contributed by atoms with Crippen molar-refractivity contribution < 1.29 is 13.9 Å². The molecule has 0 aliphatic carbocycles. The second kappa shape index (κ2) is 5.00. The number of benzene rings is 2.